The molecule has 0 amide bonds. The minimum atomic E-state index is 0.235. The molecule has 0 spiro atoms. The zero-order valence-corrected chi connectivity index (χ0v) is 13.2. The lowest BCUT2D eigenvalue weighted by molar-refractivity contribution is 0.452. The lowest BCUT2D eigenvalue weighted by Gasteiger charge is -2.05. The predicted octanol–water partition coefficient (Wildman–Crippen LogP) is 5.08. The van der Waals surface area contributed by atoms with Crippen molar-refractivity contribution in [1.82, 2.24) is 0 Å². The fourth-order valence-electron chi connectivity index (χ4n) is 2.44. The summed E-state index contributed by atoms with van der Waals surface area (Å²) in [6.07, 6.45) is 12.3. The first-order valence-corrected chi connectivity index (χ1v) is 8.49. The number of unbranched alkanes of at least 4 members (excludes halogenated alkanes) is 8. The minimum Gasteiger partial charge on any atom is -0.508 e. The molecule has 1 aromatic rings. The van der Waals surface area contributed by atoms with Crippen molar-refractivity contribution in [2.45, 2.75) is 64.2 Å². The summed E-state index contributed by atoms with van der Waals surface area (Å²) in [6.45, 7) is 0. The number of hydrogen-bond acceptors (Lipinski definition) is 3. The van der Waals surface area contributed by atoms with E-state index in [0.29, 0.717) is 5.75 Å². The van der Waals surface area contributed by atoms with Gasteiger partial charge in [-0.2, -0.15) is 12.6 Å². The highest BCUT2D eigenvalue weighted by atomic mass is 32.1. The van der Waals surface area contributed by atoms with Crippen LogP contribution < -0.4 is 0 Å². The van der Waals surface area contributed by atoms with Gasteiger partial charge in [0.25, 0.3) is 0 Å². The molecule has 20 heavy (non-hydrogen) atoms. The van der Waals surface area contributed by atoms with Gasteiger partial charge >= 0.3 is 0 Å². The number of aromatic hydroxyl groups is 2. The average Bonchev–Trinajstić information content (AvgIpc) is 2.44. The van der Waals surface area contributed by atoms with Crippen molar-refractivity contribution in [3.8, 4) is 11.5 Å². The van der Waals surface area contributed by atoms with Crippen LogP contribution in [-0.2, 0) is 6.42 Å². The molecule has 2 nitrogen and oxygen atoms in total. The molecule has 0 aliphatic rings. The molecule has 0 aliphatic carbocycles. The average molecular weight is 296 g/mol. The van der Waals surface area contributed by atoms with Crippen LogP contribution in [0.5, 0.6) is 11.5 Å². The van der Waals surface area contributed by atoms with E-state index in [-0.39, 0.29) is 5.75 Å². The third-order valence-electron chi connectivity index (χ3n) is 3.67. The molecule has 0 aromatic heterocycles. The number of phenolic OH excluding ortho intramolecular Hbond substituents is 2. The van der Waals surface area contributed by atoms with Crippen molar-refractivity contribution < 1.29 is 10.2 Å². The maximum atomic E-state index is 9.66. The molecule has 0 bridgehead atoms. The smallest absolute Gasteiger partial charge is 0.119 e. The number of hydrogen-bond donors (Lipinski definition) is 3. The van der Waals surface area contributed by atoms with E-state index in [0.717, 1.165) is 24.2 Å². The Morgan fingerprint density at radius 3 is 1.90 bits per heavy atom. The van der Waals surface area contributed by atoms with Gasteiger partial charge in [-0.1, -0.05) is 44.9 Å². The molecule has 2 N–H and O–H groups in total. The number of phenols is 2. The summed E-state index contributed by atoms with van der Waals surface area (Å²) in [4.78, 5) is 0. The molecular weight excluding hydrogens is 268 g/mol. The van der Waals surface area contributed by atoms with Crippen LogP contribution in [0.2, 0.25) is 0 Å². The highest BCUT2D eigenvalue weighted by molar-refractivity contribution is 7.80. The van der Waals surface area contributed by atoms with Gasteiger partial charge in [0.1, 0.15) is 11.5 Å². The lowest BCUT2D eigenvalue weighted by atomic mass is 10.0. The third kappa shape index (κ3) is 7.68. The second-order valence-corrected chi connectivity index (χ2v) is 5.92. The Labute approximate surface area is 128 Å². The van der Waals surface area contributed by atoms with Crippen LogP contribution in [0, 0.1) is 0 Å². The molecule has 1 aromatic carbocycles. The Morgan fingerprint density at radius 1 is 0.750 bits per heavy atom. The van der Waals surface area contributed by atoms with Crippen LogP contribution in [-0.4, -0.2) is 16.0 Å². The number of rotatable bonds is 11. The summed E-state index contributed by atoms with van der Waals surface area (Å²) in [7, 11) is 0. The number of benzene rings is 1. The molecular formula is C17H28O2S. The zero-order valence-electron chi connectivity index (χ0n) is 12.4. The van der Waals surface area contributed by atoms with Crippen molar-refractivity contribution in [3.63, 3.8) is 0 Å². The Balaban J connectivity index is 1.98. The Kier molecular flexibility index (Phi) is 9.38. The maximum absolute atomic E-state index is 9.66. The van der Waals surface area contributed by atoms with Crippen LogP contribution in [0.25, 0.3) is 0 Å². The molecule has 0 aliphatic heterocycles. The van der Waals surface area contributed by atoms with Crippen LogP contribution in [0.1, 0.15) is 63.4 Å². The molecule has 1 rings (SSSR count). The molecule has 0 unspecified atom stereocenters. The standard InChI is InChI=1S/C17H28O2S/c18-16-11-12-17(19)15(14-16)10-8-6-4-2-1-3-5-7-9-13-20/h11-12,14,18-20H,1-10,13H2. The van der Waals surface area contributed by atoms with Crippen LogP contribution in [0.3, 0.4) is 0 Å². The molecule has 0 heterocycles. The molecule has 0 radical (unpaired) electrons. The zero-order chi connectivity index (χ0) is 14.6. The SMILES string of the molecule is Oc1ccc(O)c(CCCCCCCCCCCS)c1. The highest BCUT2D eigenvalue weighted by Crippen LogP contribution is 2.24. The van der Waals surface area contributed by atoms with Crippen molar-refractivity contribution in [2.24, 2.45) is 0 Å². The summed E-state index contributed by atoms with van der Waals surface area (Å²) in [6, 6.07) is 4.75. The molecule has 0 saturated carbocycles. The van der Waals surface area contributed by atoms with Gasteiger partial charge in [0.2, 0.25) is 0 Å². The van der Waals surface area contributed by atoms with Gasteiger partial charge in [0, 0.05) is 0 Å². The van der Waals surface area contributed by atoms with E-state index in [1.165, 1.54) is 57.4 Å². The predicted molar refractivity (Wildman–Crippen MR) is 88.9 cm³/mol. The van der Waals surface area contributed by atoms with Gasteiger partial charge in [0.15, 0.2) is 0 Å². The fourth-order valence-corrected chi connectivity index (χ4v) is 2.66. The summed E-state index contributed by atoms with van der Waals surface area (Å²) < 4.78 is 0. The Morgan fingerprint density at radius 2 is 1.30 bits per heavy atom. The van der Waals surface area contributed by atoms with Crippen molar-refractivity contribution in [2.75, 3.05) is 5.75 Å². The minimum absolute atomic E-state index is 0.235. The molecule has 3 heteroatoms. The van der Waals surface area contributed by atoms with Crippen molar-refractivity contribution >= 4 is 12.6 Å². The molecule has 0 atom stereocenters. The first kappa shape index (κ1) is 17.2. The first-order chi connectivity index (χ1) is 9.74. The lowest BCUT2D eigenvalue weighted by Crippen LogP contribution is -1.87. The van der Waals surface area contributed by atoms with Gasteiger partial charge < -0.3 is 10.2 Å². The van der Waals surface area contributed by atoms with Crippen LogP contribution in [0.15, 0.2) is 18.2 Å². The Hall–Kier alpha value is -0.830. The van der Waals surface area contributed by atoms with Crippen LogP contribution in [0.4, 0.5) is 0 Å². The van der Waals surface area contributed by atoms with Gasteiger partial charge in [-0.05, 0) is 48.8 Å². The van der Waals surface area contributed by atoms with Crippen molar-refractivity contribution in [1.29, 1.82) is 0 Å². The van der Waals surface area contributed by atoms with E-state index in [2.05, 4.69) is 12.6 Å². The van der Waals surface area contributed by atoms with Gasteiger partial charge in [-0.25, -0.2) is 0 Å². The van der Waals surface area contributed by atoms with E-state index in [1.807, 2.05) is 0 Å². The first-order valence-electron chi connectivity index (χ1n) is 7.86. The number of aryl methyl sites for hydroxylation is 1. The summed E-state index contributed by atoms with van der Waals surface area (Å²) >= 11 is 4.21. The third-order valence-corrected chi connectivity index (χ3v) is 3.98. The highest BCUT2D eigenvalue weighted by Gasteiger charge is 2.02. The second-order valence-electron chi connectivity index (χ2n) is 5.47. The molecule has 0 fully saturated rings. The normalized spacial score (nSPS) is 10.8. The fraction of sp³-hybridized carbons (Fsp3) is 0.647. The monoisotopic (exact) mass is 296 g/mol. The van der Waals surface area contributed by atoms with Gasteiger partial charge in [-0.3, -0.25) is 0 Å². The molecule has 0 saturated heterocycles. The Bertz CT molecular complexity index is 366. The maximum Gasteiger partial charge on any atom is 0.119 e. The molecule has 114 valence electrons. The summed E-state index contributed by atoms with van der Waals surface area (Å²) in [5, 5.41) is 19.0. The largest absolute Gasteiger partial charge is 0.508 e. The van der Waals surface area contributed by atoms with Crippen molar-refractivity contribution in [3.05, 3.63) is 23.8 Å². The summed E-state index contributed by atoms with van der Waals surface area (Å²) in [5.74, 6) is 1.55. The van der Waals surface area contributed by atoms with Gasteiger partial charge in [0.05, 0.1) is 0 Å². The quantitative estimate of drug-likeness (QED) is 0.303. The summed E-state index contributed by atoms with van der Waals surface area (Å²) in [5.41, 5.74) is 0.858. The number of thiol groups is 1. The topological polar surface area (TPSA) is 40.5 Å². The van der Waals surface area contributed by atoms with E-state index >= 15 is 0 Å². The van der Waals surface area contributed by atoms with E-state index in [9.17, 15) is 10.2 Å². The second kappa shape index (κ2) is 10.9. The van der Waals surface area contributed by atoms with E-state index in [4.69, 9.17) is 0 Å². The van der Waals surface area contributed by atoms with Gasteiger partial charge in [-0.15, -0.1) is 0 Å². The van der Waals surface area contributed by atoms with E-state index < -0.39 is 0 Å². The van der Waals surface area contributed by atoms with E-state index in [1.54, 1.807) is 12.1 Å². The van der Waals surface area contributed by atoms with Crippen LogP contribution >= 0.6 is 12.6 Å².